The molecular weight excluding hydrogens is 298 g/mol. The third kappa shape index (κ3) is 3.32. The lowest BCUT2D eigenvalue weighted by Gasteiger charge is -2.29. The Hall–Kier alpha value is -0.530. The molecule has 0 fully saturated rings. The molecule has 19 heavy (non-hydrogen) atoms. The van der Waals surface area contributed by atoms with Crippen molar-refractivity contribution in [3.63, 3.8) is 0 Å². The number of hydrogen-bond acceptors (Lipinski definition) is 4. The second-order valence-electron chi connectivity index (χ2n) is 4.13. The molecule has 5 N–H and O–H groups in total. The van der Waals surface area contributed by atoms with Crippen LogP contribution in [0.2, 0.25) is 0 Å². The van der Waals surface area contributed by atoms with Crippen molar-refractivity contribution in [3.8, 4) is 0 Å². The summed E-state index contributed by atoms with van der Waals surface area (Å²) in [5, 5.41) is 6.32. The number of aromatic nitrogens is 2. The van der Waals surface area contributed by atoms with Crippen LogP contribution in [0.4, 0.5) is 0 Å². The van der Waals surface area contributed by atoms with Crippen LogP contribution in [0.25, 0.3) is 0 Å². The van der Waals surface area contributed by atoms with Crippen molar-refractivity contribution >= 4 is 15.2 Å². The van der Waals surface area contributed by atoms with E-state index in [4.69, 9.17) is 19.6 Å². The Bertz CT molecular complexity index is 509. The molecule has 0 aliphatic heterocycles. The van der Waals surface area contributed by atoms with Crippen molar-refractivity contribution in [2.45, 2.75) is 31.4 Å². The van der Waals surface area contributed by atoms with Crippen LogP contribution in [0.15, 0.2) is 12.5 Å². The third-order valence-electron chi connectivity index (χ3n) is 2.62. The summed E-state index contributed by atoms with van der Waals surface area (Å²) in [4.78, 5) is 39.8. The molecule has 9 nitrogen and oxygen atoms in total. The molecule has 1 heterocycles. The summed E-state index contributed by atoms with van der Waals surface area (Å²) in [5.41, 5.74) is 0.517. The quantitative estimate of drug-likeness (QED) is 0.454. The van der Waals surface area contributed by atoms with Gasteiger partial charge in [-0.15, -0.1) is 0 Å². The van der Waals surface area contributed by atoms with Crippen LogP contribution in [-0.2, 0) is 22.1 Å². The fraction of sp³-hybridized carbons (Fsp3) is 0.625. The predicted octanol–water partition coefficient (Wildman–Crippen LogP) is -0.163. The lowest BCUT2D eigenvalue weighted by atomic mass is 10.3. The first kappa shape index (κ1) is 16.5. The maximum absolute atomic E-state index is 11.2. The van der Waals surface area contributed by atoms with Crippen LogP contribution < -0.4 is 0 Å². The summed E-state index contributed by atoms with van der Waals surface area (Å²) in [6, 6.07) is 0. The highest BCUT2D eigenvalue weighted by atomic mass is 31.2. The van der Waals surface area contributed by atoms with Gasteiger partial charge >= 0.3 is 15.2 Å². The number of imidazole rings is 1. The highest BCUT2D eigenvalue weighted by Crippen LogP contribution is 2.68. The summed E-state index contributed by atoms with van der Waals surface area (Å²) >= 11 is 0. The molecule has 0 aliphatic carbocycles. The molecule has 0 amide bonds. The first-order valence-electron chi connectivity index (χ1n) is 5.35. The summed E-state index contributed by atoms with van der Waals surface area (Å²) in [6.07, 6.45) is 3.76. The number of nitrogens with zero attached hydrogens (tertiary/aromatic N) is 2. The van der Waals surface area contributed by atoms with E-state index in [9.17, 15) is 14.2 Å². The van der Waals surface area contributed by atoms with E-state index < -0.39 is 26.8 Å². The largest absolute Gasteiger partial charge is 0.371 e. The standard InChI is InChI=1S/C8H16N2O7P2/c1-2-3-7-4-9-6-10(7)5-8(11,18(12,13)14)19(15,16)17/h4,6,11H,2-3,5H2,1H3,(H2,12,13,14)(H2,15,16,17). The zero-order valence-corrected chi connectivity index (χ0v) is 11.9. The zero-order chi connectivity index (χ0) is 14.9. The lowest BCUT2D eigenvalue weighted by Crippen LogP contribution is -2.34. The lowest BCUT2D eigenvalue weighted by molar-refractivity contribution is 0.114. The first-order valence-corrected chi connectivity index (χ1v) is 8.58. The summed E-state index contributed by atoms with van der Waals surface area (Å²) < 4.78 is 23.6. The Labute approximate surface area is 109 Å². The van der Waals surface area contributed by atoms with Gasteiger partial charge in [0.2, 0.25) is 0 Å². The first-order chi connectivity index (χ1) is 8.53. The van der Waals surface area contributed by atoms with E-state index in [0.29, 0.717) is 18.5 Å². The summed E-state index contributed by atoms with van der Waals surface area (Å²) in [5.74, 6) is 0. The Morgan fingerprint density at radius 3 is 2.21 bits per heavy atom. The summed E-state index contributed by atoms with van der Waals surface area (Å²) in [7, 11) is -10.9. The second kappa shape index (κ2) is 5.46. The van der Waals surface area contributed by atoms with Crippen LogP contribution >= 0.6 is 15.2 Å². The van der Waals surface area contributed by atoms with Gasteiger partial charge in [-0.2, -0.15) is 0 Å². The van der Waals surface area contributed by atoms with Crippen molar-refractivity contribution in [3.05, 3.63) is 18.2 Å². The number of hydrogen-bond donors (Lipinski definition) is 5. The Morgan fingerprint density at radius 1 is 1.26 bits per heavy atom. The predicted molar refractivity (Wildman–Crippen MR) is 65.3 cm³/mol. The van der Waals surface area contributed by atoms with E-state index in [2.05, 4.69) is 4.98 Å². The molecule has 0 unspecified atom stereocenters. The Kier molecular flexibility index (Phi) is 4.75. The minimum absolute atomic E-state index is 0.498. The van der Waals surface area contributed by atoms with Gasteiger partial charge in [0.15, 0.2) is 0 Å². The van der Waals surface area contributed by atoms with Crippen LogP contribution in [0.5, 0.6) is 0 Å². The minimum Gasteiger partial charge on any atom is -0.366 e. The molecule has 1 aromatic rings. The van der Waals surface area contributed by atoms with Crippen LogP contribution in [0.3, 0.4) is 0 Å². The van der Waals surface area contributed by atoms with E-state index in [1.165, 1.54) is 6.20 Å². The highest BCUT2D eigenvalue weighted by Gasteiger charge is 2.59. The average Bonchev–Trinajstić information content (AvgIpc) is 2.63. The van der Waals surface area contributed by atoms with Gasteiger partial charge in [0.1, 0.15) is 0 Å². The number of aliphatic hydroxyl groups is 1. The molecule has 0 saturated carbocycles. The van der Waals surface area contributed by atoms with E-state index in [1.807, 2.05) is 6.92 Å². The highest BCUT2D eigenvalue weighted by molar-refractivity contribution is 7.72. The van der Waals surface area contributed by atoms with Gasteiger partial charge in [-0.05, 0) is 6.42 Å². The van der Waals surface area contributed by atoms with Crippen molar-refractivity contribution in [2.75, 3.05) is 0 Å². The molecule has 0 aliphatic rings. The summed E-state index contributed by atoms with van der Waals surface area (Å²) in [6.45, 7) is 0.923. The molecule has 11 heteroatoms. The van der Waals surface area contributed by atoms with E-state index >= 15 is 0 Å². The molecule has 0 saturated heterocycles. The fourth-order valence-corrected chi connectivity index (χ4v) is 3.57. The number of rotatable bonds is 6. The van der Waals surface area contributed by atoms with E-state index in [0.717, 1.165) is 10.9 Å². The van der Waals surface area contributed by atoms with Crippen molar-refractivity contribution in [1.82, 2.24) is 9.55 Å². The smallest absolute Gasteiger partial charge is 0.366 e. The van der Waals surface area contributed by atoms with Gasteiger partial charge in [0, 0.05) is 11.9 Å². The van der Waals surface area contributed by atoms with Crippen LogP contribution in [0, 0.1) is 0 Å². The number of aryl methyl sites for hydroxylation is 1. The second-order valence-corrected chi connectivity index (χ2v) is 8.13. The fourth-order valence-electron chi connectivity index (χ4n) is 1.54. The van der Waals surface area contributed by atoms with Gasteiger partial charge in [-0.25, -0.2) is 4.98 Å². The zero-order valence-electron chi connectivity index (χ0n) is 10.1. The molecule has 0 aromatic carbocycles. The van der Waals surface area contributed by atoms with Crippen molar-refractivity contribution in [1.29, 1.82) is 0 Å². The van der Waals surface area contributed by atoms with Crippen molar-refractivity contribution in [2.24, 2.45) is 0 Å². The van der Waals surface area contributed by atoms with Gasteiger partial charge in [-0.1, -0.05) is 13.3 Å². The Morgan fingerprint density at radius 2 is 1.79 bits per heavy atom. The van der Waals surface area contributed by atoms with Crippen molar-refractivity contribution < 1.29 is 33.8 Å². The van der Waals surface area contributed by atoms with E-state index in [1.54, 1.807) is 0 Å². The average molecular weight is 314 g/mol. The minimum atomic E-state index is -5.45. The molecule has 0 spiro atoms. The van der Waals surface area contributed by atoms with Gasteiger partial charge in [-0.3, -0.25) is 9.13 Å². The normalized spacial score (nSPS) is 13.8. The van der Waals surface area contributed by atoms with Gasteiger partial charge in [0.05, 0.1) is 12.9 Å². The molecular formula is C8H16N2O7P2. The monoisotopic (exact) mass is 314 g/mol. The third-order valence-corrected chi connectivity index (χ3v) is 6.33. The molecule has 1 rings (SSSR count). The van der Waals surface area contributed by atoms with Crippen LogP contribution in [-0.4, -0.2) is 39.3 Å². The molecule has 0 radical (unpaired) electrons. The SMILES string of the molecule is CCCc1cncn1CC(O)(P(=O)(O)O)P(=O)(O)O. The topological polar surface area (TPSA) is 153 Å². The van der Waals surface area contributed by atoms with E-state index in [-0.39, 0.29) is 0 Å². The maximum Gasteiger partial charge on any atom is 0.371 e. The molecule has 1 aromatic heterocycles. The molecule has 0 atom stereocenters. The van der Waals surface area contributed by atoms with Gasteiger partial charge in [0.25, 0.3) is 5.08 Å². The molecule has 0 bridgehead atoms. The van der Waals surface area contributed by atoms with Gasteiger partial charge < -0.3 is 29.2 Å². The Balaban J connectivity index is 3.20. The molecule has 110 valence electrons. The maximum atomic E-state index is 11.2. The van der Waals surface area contributed by atoms with Crippen LogP contribution in [0.1, 0.15) is 19.0 Å².